The first-order valence-corrected chi connectivity index (χ1v) is 6.50. The van der Waals surface area contributed by atoms with Gasteiger partial charge in [0.15, 0.2) is 0 Å². The summed E-state index contributed by atoms with van der Waals surface area (Å²) in [7, 11) is -0.522. The molecule has 0 bridgehead atoms. The van der Waals surface area contributed by atoms with E-state index in [2.05, 4.69) is 4.98 Å². The van der Waals surface area contributed by atoms with E-state index >= 15 is 0 Å². The quantitative estimate of drug-likeness (QED) is 0.781. The van der Waals surface area contributed by atoms with Gasteiger partial charge >= 0.3 is 7.12 Å². The number of aromatic hydroxyl groups is 1. The van der Waals surface area contributed by atoms with Crippen LogP contribution in [0.25, 0.3) is 0 Å². The predicted octanol–water partition coefficient (Wildman–Crippen LogP) is 0.588. The summed E-state index contributed by atoms with van der Waals surface area (Å²) in [5.74, 6) is 0.102. The Morgan fingerprint density at radius 1 is 1.26 bits per heavy atom. The Labute approximate surface area is 114 Å². The largest absolute Gasteiger partial charge is 0.506 e. The summed E-state index contributed by atoms with van der Waals surface area (Å²) in [5, 5.41) is 9.62. The maximum atomic E-state index is 9.62. The number of aromatic nitrogens is 1. The van der Waals surface area contributed by atoms with Gasteiger partial charge in [-0.05, 0) is 40.3 Å². The molecule has 6 heteroatoms. The van der Waals surface area contributed by atoms with Crippen LogP contribution in [0.3, 0.4) is 0 Å². The van der Waals surface area contributed by atoms with Gasteiger partial charge in [-0.1, -0.05) is 0 Å². The van der Waals surface area contributed by atoms with Crippen LogP contribution in [0.5, 0.6) is 5.75 Å². The SMILES string of the molecule is CC1(C)OB(c2cc(O)cnc2CCN)OC1(C)C. The van der Waals surface area contributed by atoms with Crippen LogP contribution in [-0.4, -0.2) is 35.0 Å². The van der Waals surface area contributed by atoms with E-state index in [1.165, 1.54) is 6.20 Å². The number of nitrogens with two attached hydrogens (primary N) is 1. The first kappa shape index (κ1) is 14.3. The van der Waals surface area contributed by atoms with Crippen LogP contribution in [0.1, 0.15) is 33.4 Å². The molecular weight excluding hydrogens is 243 g/mol. The van der Waals surface area contributed by atoms with E-state index in [4.69, 9.17) is 15.0 Å². The normalized spacial score (nSPS) is 20.8. The highest BCUT2D eigenvalue weighted by Crippen LogP contribution is 2.36. The number of nitrogens with zero attached hydrogens (tertiary/aromatic N) is 1. The van der Waals surface area contributed by atoms with Crippen molar-refractivity contribution in [3.63, 3.8) is 0 Å². The average Bonchev–Trinajstić information content (AvgIpc) is 2.51. The Morgan fingerprint density at radius 2 is 1.84 bits per heavy atom. The van der Waals surface area contributed by atoms with Crippen LogP contribution >= 0.6 is 0 Å². The minimum Gasteiger partial charge on any atom is -0.506 e. The number of hydrogen-bond donors (Lipinski definition) is 2. The van der Waals surface area contributed by atoms with Gasteiger partial charge in [0, 0.05) is 17.6 Å². The fourth-order valence-corrected chi connectivity index (χ4v) is 2.02. The molecule has 0 amide bonds. The molecule has 3 N–H and O–H groups in total. The maximum Gasteiger partial charge on any atom is 0.496 e. The molecular formula is C13H21BN2O3. The van der Waals surface area contributed by atoms with Gasteiger partial charge in [0.05, 0.1) is 17.4 Å². The average molecular weight is 264 g/mol. The van der Waals surface area contributed by atoms with Gasteiger partial charge in [-0.3, -0.25) is 4.98 Å². The van der Waals surface area contributed by atoms with Gasteiger partial charge < -0.3 is 20.1 Å². The summed E-state index contributed by atoms with van der Waals surface area (Å²) in [4.78, 5) is 4.22. The molecule has 0 atom stereocenters. The van der Waals surface area contributed by atoms with Crippen molar-refractivity contribution in [3.05, 3.63) is 18.0 Å². The fourth-order valence-electron chi connectivity index (χ4n) is 2.02. The van der Waals surface area contributed by atoms with Gasteiger partial charge in [-0.2, -0.15) is 0 Å². The summed E-state index contributed by atoms with van der Waals surface area (Å²) in [5.41, 5.74) is 6.32. The monoisotopic (exact) mass is 264 g/mol. The molecule has 1 aliphatic heterocycles. The summed E-state index contributed by atoms with van der Waals surface area (Å²) in [6.07, 6.45) is 2.04. The third-order valence-corrected chi connectivity index (χ3v) is 3.88. The smallest absolute Gasteiger partial charge is 0.496 e. The molecule has 0 saturated carbocycles. The van der Waals surface area contributed by atoms with Crippen molar-refractivity contribution in [2.45, 2.75) is 45.3 Å². The molecule has 1 saturated heterocycles. The van der Waals surface area contributed by atoms with Gasteiger partial charge in [-0.15, -0.1) is 0 Å². The van der Waals surface area contributed by atoms with E-state index in [9.17, 15) is 5.11 Å². The second kappa shape index (κ2) is 4.78. The van der Waals surface area contributed by atoms with Crippen LogP contribution in [0.4, 0.5) is 0 Å². The third-order valence-electron chi connectivity index (χ3n) is 3.88. The highest BCUT2D eigenvalue weighted by molar-refractivity contribution is 6.62. The molecule has 0 spiro atoms. The number of pyridine rings is 1. The maximum absolute atomic E-state index is 9.62. The lowest BCUT2D eigenvalue weighted by atomic mass is 9.77. The van der Waals surface area contributed by atoms with Crippen molar-refractivity contribution >= 4 is 12.6 Å². The highest BCUT2D eigenvalue weighted by Gasteiger charge is 2.52. The minimum atomic E-state index is -0.522. The van der Waals surface area contributed by atoms with E-state index in [0.717, 1.165) is 11.2 Å². The van der Waals surface area contributed by atoms with Gasteiger partial charge in [-0.25, -0.2) is 0 Å². The lowest BCUT2D eigenvalue weighted by Gasteiger charge is -2.32. The van der Waals surface area contributed by atoms with Crippen molar-refractivity contribution in [1.82, 2.24) is 4.98 Å². The van der Waals surface area contributed by atoms with Crippen molar-refractivity contribution in [3.8, 4) is 5.75 Å². The Hall–Kier alpha value is -1.11. The molecule has 1 aromatic rings. The van der Waals surface area contributed by atoms with Crippen LogP contribution in [0.2, 0.25) is 0 Å². The van der Waals surface area contributed by atoms with Crippen molar-refractivity contribution in [2.24, 2.45) is 5.73 Å². The van der Waals surface area contributed by atoms with Gasteiger partial charge in [0.1, 0.15) is 5.75 Å². The molecule has 0 aliphatic carbocycles. The summed E-state index contributed by atoms with van der Waals surface area (Å²) >= 11 is 0. The molecule has 1 fully saturated rings. The zero-order valence-electron chi connectivity index (χ0n) is 11.9. The van der Waals surface area contributed by atoms with E-state index in [1.807, 2.05) is 27.7 Å². The second-order valence-electron chi connectivity index (χ2n) is 5.86. The minimum absolute atomic E-state index is 0.102. The van der Waals surface area contributed by atoms with Crippen molar-refractivity contribution in [1.29, 1.82) is 0 Å². The van der Waals surface area contributed by atoms with Gasteiger partial charge in [0.25, 0.3) is 0 Å². The molecule has 2 heterocycles. The Bertz CT molecular complexity index is 461. The van der Waals surface area contributed by atoms with Crippen molar-refractivity contribution in [2.75, 3.05) is 6.54 Å². The molecule has 19 heavy (non-hydrogen) atoms. The molecule has 5 nitrogen and oxygen atoms in total. The second-order valence-corrected chi connectivity index (χ2v) is 5.86. The lowest BCUT2D eigenvalue weighted by molar-refractivity contribution is 0.00578. The van der Waals surface area contributed by atoms with E-state index in [0.29, 0.717) is 13.0 Å². The standard InChI is InChI=1S/C13H21BN2O3/c1-12(2)13(3,4)19-14(18-12)10-7-9(17)8-16-11(10)5-6-15/h7-8,17H,5-6,15H2,1-4H3. The molecule has 0 aromatic carbocycles. The van der Waals surface area contributed by atoms with Crippen LogP contribution in [0.15, 0.2) is 12.3 Å². The topological polar surface area (TPSA) is 77.6 Å². The zero-order chi connectivity index (χ0) is 14.3. The summed E-state index contributed by atoms with van der Waals surface area (Å²) in [6, 6.07) is 1.64. The third kappa shape index (κ3) is 2.61. The lowest BCUT2D eigenvalue weighted by Crippen LogP contribution is -2.41. The molecule has 104 valence electrons. The molecule has 1 aromatic heterocycles. The highest BCUT2D eigenvalue weighted by atomic mass is 16.7. The van der Waals surface area contributed by atoms with E-state index in [-0.39, 0.29) is 5.75 Å². The Balaban J connectivity index is 2.35. The first-order chi connectivity index (χ1) is 8.77. The van der Waals surface area contributed by atoms with E-state index in [1.54, 1.807) is 6.07 Å². The van der Waals surface area contributed by atoms with E-state index < -0.39 is 18.3 Å². The number of rotatable bonds is 3. The first-order valence-electron chi connectivity index (χ1n) is 6.50. The van der Waals surface area contributed by atoms with Gasteiger partial charge in [0.2, 0.25) is 0 Å². The predicted molar refractivity (Wildman–Crippen MR) is 74.4 cm³/mol. The molecule has 0 radical (unpaired) electrons. The van der Waals surface area contributed by atoms with Crippen LogP contribution in [-0.2, 0) is 15.7 Å². The van der Waals surface area contributed by atoms with Crippen LogP contribution < -0.4 is 11.2 Å². The Morgan fingerprint density at radius 3 is 2.37 bits per heavy atom. The summed E-state index contributed by atoms with van der Waals surface area (Å²) < 4.78 is 12.0. The molecule has 1 aliphatic rings. The zero-order valence-corrected chi connectivity index (χ0v) is 11.9. The molecule has 2 rings (SSSR count). The van der Waals surface area contributed by atoms with Crippen LogP contribution in [0, 0.1) is 0 Å². The molecule has 0 unspecified atom stereocenters. The summed E-state index contributed by atoms with van der Waals surface area (Å²) in [6.45, 7) is 8.46. The fraction of sp³-hybridized carbons (Fsp3) is 0.615. The number of hydrogen-bond acceptors (Lipinski definition) is 5. The van der Waals surface area contributed by atoms with Crippen molar-refractivity contribution < 1.29 is 14.4 Å². The Kier molecular flexibility index (Phi) is 3.60.